The molecule has 0 radical (unpaired) electrons. The fraction of sp³-hybridized carbons (Fsp3) is 0.286. The number of halogens is 2. The predicted molar refractivity (Wildman–Crippen MR) is 152 cm³/mol. The Morgan fingerprint density at radius 1 is 0.868 bits per heavy atom. The molecule has 0 saturated carbocycles. The van der Waals surface area contributed by atoms with Crippen LogP contribution in [0, 0.1) is 6.92 Å². The number of carbonyl (C=O) groups excluding carboxylic acids is 2. The molecule has 38 heavy (non-hydrogen) atoms. The number of anilines is 1. The van der Waals surface area contributed by atoms with Crippen molar-refractivity contribution in [2.75, 3.05) is 10.8 Å². The van der Waals surface area contributed by atoms with Crippen molar-refractivity contribution in [1.29, 1.82) is 0 Å². The number of amides is 2. The topological polar surface area (TPSA) is 86.8 Å². The zero-order valence-electron chi connectivity index (χ0n) is 21.7. The van der Waals surface area contributed by atoms with E-state index in [0.29, 0.717) is 21.3 Å². The van der Waals surface area contributed by atoms with Crippen LogP contribution in [-0.2, 0) is 26.2 Å². The molecule has 3 rings (SSSR count). The van der Waals surface area contributed by atoms with Gasteiger partial charge in [0.05, 0.1) is 10.6 Å². The summed E-state index contributed by atoms with van der Waals surface area (Å²) >= 11 is 12.8. The minimum absolute atomic E-state index is 0.0414. The normalized spacial score (nSPS) is 12.2. The zero-order chi connectivity index (χ0) is 28.0. The molecule has 2 amide bonds. The average molecular weight is 577 g/mol. The Balaban J connectivity index is 2.05. The number of aryl methyl sites for hydroxylation is 1. The quantitative estimate of drug-likeness (QED) is 0.348. The van der Waals surface area contributed by atoms with E-state index in [2.05, 4.69) is 5.32 Å². The van der Waals surface area contributed by atoms with Crippen molar-refractivity contribution < 1.29 is 18.0 Å². The number of benzene rings is 3. The molecule has 0 aliphatic heterocycles. The smallest absolute Gasteiger partial charge is 0.264 e. The molecule has 0 fully saturated rings. The summed E-state index contributed by atoms with van der Waals surface area (Å²) in [7, 11) is -4.12. The summed E-state index contributed by atoms with van der Waals surface area (Å²) in [4.78, 5) is 28.2. The van der Waals surface area contributed by atoms with Gasteiger partial charge in [0.1, 0.15) is 12.6 Å². The van der Waals surface area contributed by atoms with E-state index in [0.717, 1.165) is 9.87 Å². The van der Waals surface area contributed by atoms with E-state index in [1.54, 1.807) is 67.6 Å². The van der Waals surface area contributed by atoms with Crippen LogP contribution >= 0.6 is 23.2 Å². The highest BCUT2D eigenvalue weighted by molar-refractivity contribution is 7.92. The van der Waals surface area contributed by atoms with Crippen LogP contribution in [0.25, 0.3) is 0 Å². The third-order valence-corrected chi connectivity index (χ3v) is 8.42. The third-order valence-electron chi connectivity index (χ3n) is 5.92. The molecular formula is C28H31Cl2N3O4S. The first kappa shape index (κ1) is 29.5. The van der Waals surface area contributed by atoms with E-state index in [4.69, 9.17) is 23.2 Å². The summed E-state index contributed by atoms with van der Waals surface area (Å²) in [5, 5.41) is 3.47. The summed E-state index contributed by atoms with van der Waals surface area (Å²) in [5.41, 5.74) is 1.72. The molecule has 0 aromatic heterocycles. The number of hydrogen-bond donors (Lipinski definition) is 1. The van der Waals surface area contributed by atoms with Gasteiger partial charge in [0.15, 0.2) is 0 Å². The van der Waals surface area contributed by atoms with Crippen molar-refractivity contribution in [3.63, 3.8) is 0 Å². The van der Waals surface area contributed by atoms with Crippen molar-refractivity contribution in [2.24, 2.45) is 0 Å². The van der Waals surface area contributed by atoms with E-state index in [1.165, 1.54) is 17.0 Å². The molecule has 0 spiro atoms. The first-order valence-corrected chi connectivity index (χ1v) is 14.3. The summed E-state index contributed by atoms with van der Waals surface area (Å²) in [6.07, 6.45) is 0. The summed E-state index contributed by atoms with van der Waals surface area (Å²) < 4.78 is 28.5. The SMILES string of the molecule is Cc1ccc(N(CC(=O)N(Cc2c(Cl)cccc2Cl)[C@@H](C)C(=O)NC(C)C)S(=O)(=O)c2ccccc2)cc1. The van der Waals surface area contributed by atoms with E-state index in [-0.39, 0.29) is 23.4 Å². The van der Waals surface area contributed by atoms with Gasteiger partial charge in [-0.15, -0.1) is 0 Å². The van der Waals surface area contributed by atoms with E-state index in [1.807, 2.05) is 20.8 Å². The fourth-order valence-corrected chi connectivity index (χ4v) is 5.75. The van der Waals surface area contributed by atoms with Gasteiger partial charge in [0.25, 0.3) is 10.0 Å². The van der Waals surface area contributed by atoms with Gasteiger partial charge in [0.2, 0.25) is 11.8 Å². The van der Waals surface area contributed by atoms with Gasteiger partial charge in [-0.3, -0.25) is 13.9 Å². The second-order valence-electron chi connectivity index (χ2n) is 9.22. The maximum absolute atomic E-state index is 13.9. The number of rotatable bonds is 10. The Bertz CT molecular complexity index is 1360. The molecule has 1 atom stereocenters. The van der Waals surface area contributed by atoms with Crippen LogP contribution in [0.4, 0.5) is 5.69 Å². The largest absolute Gasteiger partial charge is 0.352 e. The van der Waals surface area contributed by atoms with Crippen LogP contribution < -0.4 is 9.62 Å². The molecule has 0 heterocycles. The average Bonchev–Trinajstić information content (AvgIpc) is 2.87. The second kappa shape index (κ2) is 12.7. The van der Waals surface area contributed by atoms with Gasteiger partial charge in [-0.2, -0.15) is 0 Å². The predicted octanol–water partition coefficient (Wildman–Crippen LogP) is 5.44. The van der Waals surface area contributed by atoms with Crippen molar-refractivity contribution in [3.05, 3.63) is 94.0 Å². The maximum Gasteiger partial charge on any atom is 0.264 e. The van der Waals surface area contributed by atoms with Crippen molar-refractivity contribution in [3.8, 4) is 0 Å². The summed E-state index contributed by atoms with van der Waals surface area (Å²) in [6.45, 7) is 6.47. The lowest BCUT2D eigenvalue weighted by molar-refractivity contribution is -0.139. The van der Waals surface area contributed by atoms with Crippen LogP contribution in [0.5, 0.6) is 0 Å². The lowest BCUT2D eigenvalue weighted by atomic mass is 10.1. The van der Waals surface area contributed by atoms with E-state index >= 15 is 0 Å². The molecule has 1 N–H and O–H groups in total. The van der Waals surface area contributed by atoms with Gasteiger partial charge in [0, 0.05) is 28.2 Å². The molecule has 0 saturated heterocycles. The van der Waals surface area contributed by atoms with Crippen LogP contribution in [0.15, 0.2) is 77.7 Å². The van der Waals surface area contributed by atoms with E-state index < -0.39 is 28.5 Å². The number of hydrogen-bond acceptors (Lipinski definition) is 4. The highest BCUT2D eigenvalue weighted by Gasteiger charge is 2.33. The molecule has 3 aromatic carbocycles. The second-order valence-corrected chi connectivity index (χ2v) is 11.9. The third kappa shape index (κ3) is 7.07. The highest BCUT2D eigenvalue weighted by atomic mass is 35.5. The monoisotopic (exact) mass is 575 g/mol. The number of sulfonamides is 1. The zero-order valence-corrected chi connectivity index (χ0v) is 24.0. The molecule has 0 unspecified atom stereocenters. The maximum atomic E-state index is 13.9. The van der Waals surface area contributed by atoms with Crippen LogP contribution in [-0.4, -0.2) is 43.8 Å². The van der Waals surface area contributed by atoms with Gasteiger partial charge >= 0.3 is 0 Å². The number of nitrogens with zero attached hydrogens (tertiary/aromatic N) is 2. The van der Waals surface area contributed by atoms with Crippen molar-refractivity contribution in [1.82, 2.24) is 10.2 Å². The lowest BCUT2D eigenvalue weighted by Crippen LogP contribution is -2.52. The van der Waals surface area contributed by atoms with Gasteiger partial charge < -0.3 is 10.2 Å². The van der Waals surface area contributed by atoms with Crippen molar-refractivity contribution >= 4 is 50.7 Å². The van der Waals surface area contributed by atoms with Crippen LogP contribution in [0.2, 0.25) is 10.0 Å². The Hall–Kier alpha value is -3.07. The summed E-state index contributed by atoms with van der Waals surface area (Å²) in [5.74, 6) is -0.975. The number of nitrogens with one attached hydrogen (secondary N) is 1. The molecule has 202 valence electrons. The lowest BCUT2D eigenvalue weighted by Gasteiger charge is -2.32. The van der Waals surface area contributed by atoms with Crippen molar-refractivity contribution in [2.45, 2.75) is 51.2 Å². The first-order chi connectivity index (χ1) is 17.9. The molecule has 0 bridgehead atoms. The Labute approximate surface area is 234 Å². The van der Waals surface area contributed by atoms with Crippen LogP contribution in [0.1, 0.15) is 31.9 Å². The fourth-order valence-electron chi connectivity index (χ4n) is 3.80. The Morgan fingerprint density at radius 2 is 1.45 bits per heavy atom. The first-order valence-electron chi connectivity index (χ1n) is 12.1. The van der Waals surface area contributed by atoms with Gasteiger partial charge in [-0.25, -0.2) is 8.42 Å². The van der Waals surface area contributed by atoms with Gasteiger partial charge in [-0.05, 0) is 64.1 Å². The summed E-state index contributed by atoms with van der Waals surface area (Å²) in [6, 6.07) is 18.6. The molecular weight excluding hydrogens is 545 g/mol. The number of carbonyl (C=O) groups is 2. The standard InChI is InChI=1S/C28H31Cl2N3O4S/c1-19(2)31-28(35)21(4)32(17-24-25(29)11-8-12-26(24)30)27(34)18-33(22-15-13-20(3)14-16-22)38(36,37)23-9-6-5-7-10-23/h5-16,19,21H,17-18H2,1-4H3,(H,31,35)/t21-/m0/s1. The molecule has 0 aliphatic carbocycles. The highest BCUT2D eigenvalue weighted by Crippen LogP contribution is 2.28. The van der Waals surface area contributed by atoms with E-state index in [9.17, 15) is 18.0 Å². The molecule has 0 aliphatic rings. The minimum atomic E-state index is -4.12. The molecule has 10 heteroatoms. The molecule has 3 aromatic rings. The Kier molecular flexibility index (Phi) is 9.82. The Morgan fingerprint density at radius 3 is 2.00 bits per heavy atom. The van der Waals surface area contributed by atoms with Crippen LogP contribution in [0.3, 0.4) is 0 Å². The minimum Gasteiger partial charge on any atom is -0.352 e. The van der Waals surface area contributed by atoms with Gasteiger partial charge in [-0.1, -0.05) is 65.2 Å². The molecule has 7 nitrogen and oxygen atoms in total.